The molecule has 0 spiro atoms. The zero-order valence-corrected chi connectivity index (χ0v) is 13.0. The highest BCUT2D eigenvalue weighted by Gasteiger charge is 1.93. The van der Waals surface area contributed by atoms with Crippen LogP contribution in [0.15, 0.2) is 72.9 Å². The predicted octanol–water partition coefficient (Wildman–Crippen LogP) is 6.42. The summed E-state index contributed by atoms with van der Waals surface area (Å²) in [5.74, 6) is 0. The maximum atomic E-state index is 3.79. The molecule has 18 heavy (non-hydrogen) atoms. The van der Waals surface area contributed by atoms with Gasteiger partial charge in [-0.3, -0.25) is 0 Å². The van der Waals surface area contributed by atoms with Crippen LogP contribution in [0.25, 0.3) is 0 Å². The van der Waals surface area contributed by atoms with Gasteiger partial charge in [-0.1, -0.05) is 89.5 Å². The van der Waals surface area contributed by atoms with Crippen molar-refractivity contribution in [2.24, 2.45) is 0 Å². The maximum absolute atomic E-state index is 3.79. The summed E-state index contributed by atoms with van der Waals surface area (Å²) >= 11 is 0. The lowest BCUT2D eigenvalue weighted by molar-refractivity contribution is 1.50. The summed E-state index contributed by atoms with van der Waals surface area (Å²) in [5.41, 5.74) is 2.22. The minimum Gasteiger partial charge on any atom is -0.0990 e. The fourth-order valence-electron chi connectivity index (χ4n) is 1.04. The largest absolute Gasteiger partial charge is 0.0990 e. The molecule has 0 aromatic heterocycles. The van der Waals surface area contributed by atoms with Gasteiger partial charge in [0.15, 0.2) is 0 Å². The molecule has 0 aromatic rings. The van der Waals surface area contributed by atoms with E-state index in [-0.39, 0.29) is 0 Å². The summed E-state index contributed by atoms with van der Waals surface area (Å²) in [6.45, 7) is 19.5. The molecular formula is C18H30. The standard InChI is InChI=1S/C14H18.2C2H6/c1-5-9-12-13(8-4)14(10-6-2)11-7-3;2*1-2/h5-12H,2,4H2,1,3H3;2*1-2H3/b9-5-,11-7-,13-12+,14-10+;;. The van der Waals surface area contributed by atoms with E-state index < -0.39 is 0 Å². The molecule has 0 unspecified atom stereocenters. The monoisotopic (exact) mass is 246 g/mol. The van der Waals surface area contributed by atoms with E-state index in [1.54, 1.807) is 6.08 Å². The van der Waals surface area contributed by atoms with Gasteiger partial charge in [-0.05, 0) is 25.0 Å². The van der Waals surface area contributed by atoms with Crippen LogP contribution in [0.2, 0.25) is 0 Å². The van der Waals surface area contributed by atoms with Crippen LogP contribution in [0.1, 0.15) is 41.5 Å². The molecule has 0 nitrogen and oxygen atoms in total. The van der Waals surface area contributed by atoms with Gasteiger partial charge in [0.2, 0.25) is 0 Å². The Morgan fingerprint density at radius 3 is 1.67 bits per heavy atom. The summed E-state index contributed by atoms with van der Waals surface area (Å²) in [6, 6.07) is 0. The van der Waals surface area contributed by atoms with Gasteiger partial charge in [0.1, 0.15) is 0 Å². The van der Waals surface area contributed by atoms with E-state index in [0.29, 0.717) is 0 Å². The molecular weight excluding hydrogens is 216 g/mol. The normalized spacial score (nSPS) is 11.4. The van der Waals surface area contributed by atoms with E-state index in [1.807, 2.05) is 84.1 Å². The Balaban J connectivity index is -0.000000506. The average Bonchev–Trinajstić information content (AvgIpc) is 2.44. The molecule has 102 valence electrons. The van der Waals surface area contributed by atoms with Crippen LogP contribution in [0.3, 0.4) is 0 Å². The summed E-state index contributed by atoms with van der Waals surface area (Å²) < 4.78 is 0. The Morgan fingerprint density at radius 1 is 0.778 bits per heavy atom. The number of rotatable bonds is 5. The van der Waals surface area contributed by atoms with Crippen LogP contribution in [0.5, 0.6) is 0 Å². The van der Waals surface area contributed by atoms with Crippen molar-refractivity contribution in [3.8, 4) is 0 Å². The van der Waals surface area contributed by atoms with Crippen molar-refractivity contribution >= 4 is 0 Å². The quantitative estimate of drug-likeness (QED) is 0.491. The Labute approximate surface area is 115 Å². The minimum atomic E-state index is 1.10. The van der Waals surface area contributed by atoms with Crippen LogP contribution >= 0.6 is 0 Å². The van der Waals surface area contributed by atoms with Gasteiger partial charge in [-0.2, -0.15) is 0 Å². The third kappa shape index (κ3) is 12.5. The second kappa shape index (κ2) is 20.8. The van der Waals surface area contributed by atoms with Crippen molar-refractivity contribution in [1.29, 1.82) is 0 Å². The SMILES string of the molecule is C=C/C=C(\C=C/C)C(/C=C)=C/C=C\C.CC.CC. The highest BCUT2D eigenvalue weighted by molar-refractivity contribution is 5.48. The molecule has 0 aliphatic rings. The Bertz CT molecular complexity index is 296. The first-order valence-electron chi connectivity index (χ1n) is 6.71. The molecule has 0 bridgehead atoms. The van der Waals surface area contributed by atoms with Crippen molar-refractivity contribution in [2.45, 2.75) is 41.5 Å². The zero-order valence-electron chi connectivity index (χ0n) is 13.0. The molecule has 0 rings (SSSR count). The molecule has 0 N–H and O–H groups in total. The van der Waals surface area contributed by atoms with Gasteiger partial charge < -0.3 is 0 Å². The topological polar surface area (TPSA) is 0 Å². The highest BCUT2D eigenvalue weighted by Crippen LogP contribution is 2.13. The smallest absolute Gasteiger partial charge is 0.0188 e. The first kappa shape index (κ1) is 21.7. The molecule has 0 amide bonds. The third-order valence-electron chi connectivity index (χ3n) is 1.67. The summed E-state index contributed by atoms with van der Waals surface area (Å²) in [7, 11) is 0. The van der Waals surface area contributed by atoms with Crippen LogP contribution in [0.4, 0.5) is 0 Å². The summed E-state index contributed by atoms with van der Waals surface area (Å²) in [6.07, 6.45) is 15.7. The Hall–Kier alpha value is -1.56. The number of hydrogen-bond acceptors (Lipinski definition) is 0. The Kier molecular flexibility index (Phi) is 25.1. The van der Waals surface area contributed by atoms with E-state index >= 15 is 0 Å². The van der Waals surface area contributed by atoms with E-state index in [2.05, 4.69) is 13.2 Å². The zero-order chi connectivity index (χ0) is 14.8. The minimum absolute atomic E-state index is 1.10. The maximum Gasteiger partial charge on any atom is -0.0188 e. The fraction of sp³-hybridized carbons (Fsp3) is 0.333. The van der Waals surface area contributed by atoms with Gasteiger partial charge >= 0.3 is 0 Å². The van der Waals surface area contributed by atoms with Gasteiger partial charge in [-0.15, -0.1) is 0 Å². The van der Waals surface area contributed by atoms with Crippen molar-refractivity contribution in [3.63, 3.8) is 0 Å². The summed E-state index contributed by atoms with van der Waals surface area (Å²) in [5, 5.41) is 0. The first-order valence-corrected chi connectivity index (χ1v) is 6.71. The van der Waals surface area contributed by atoms with Crippen LogP contribution in [-0.2, 0) is 0 Å². The fourth-order valence-corrected chi connectivity index (χ4v) is 1.04. The second-order valence-corrected chi connectivity index (χ2v) is 2.71. The van der Waals surface area contributed by atoms with Crippen molar-refractivity contribution in [1.82, 2.24) is 0 Å². The lowest BCUT2D eigenvalue weighted by Crippen LogP contribution is -1.81. The van der Waals surface area contributed by atoms with Gasteiger partial charge in [0.25, 0.3) is 0 Å². The van der Waals surface area contributed by atoms with E-state index in [0.717, 1.165) is 11.1 Å². The van der Waals surface area contributed by atoms with E-state index in [9.17, 15) is 0 Å². The second-order valence-electron chi connectivity index (χ2n) is 2.71. The van der Waals surface area contributed by atoms with Crippen molar-refractivity contribution in [3.05, 3.63) is 72.9 Å². The van der Waals surface area contributed by atoms with Crippen LogP contribution in [0, 0.1) is 0 Å². The van der Waals surface area contributed by atoms with Gasteiger partial charge in [0.05, 0.1) is 0 Å². The first-order chi connectivity index (χ1) is 8.79. The van der Waals surface area contributed by atoms with Gasteiger partial charge in [-0.25, -0.2) is 0 Å². The molecule has 0 radical (unpaired) electrons. The average molecular weight is 246 g/mol. The highest BCUT2D eigenvalue weighted by atomic mass is 14.0. The lowest BCUT2D eigenvalue weighted by atomic mass is 10.0. The van der Waals surface area contributed by atoms with Crippen molar-refractivity contribution in [2.75, 3.05) is 0 Å². The van der Waals surface area contributed by atoms with Crippen LogP contribution < -0.4 is 0 Å². The molecule has 0 fully saturated rings. The molecule has 0 aliphatic carbocycles. The number of allylic oxidation sites excluding steroid dienone is 10. The molecule has 0 atom stereocenters. The van der Waals surface area contributed by atoms with Crippen LogP contribution in [-0.4, -0.2) is 0 Å². The molecule has 0 heteroatoms. The van der Waals surface area contributed by atoms with Gasteiger partial charge in [0, 0.05) is 0 Å². The van der Waals surface area contributed by atoms with Crippen molar-refractivity contribution < 1.29 is 0 Å². The summed E-state index contributed by atoms with van der Waals surface area (Å²) in [4.78, 5) is 0. The molecule has 0 aliphatic heterocycles. The van der Waals surface area contributed by atoms with E-state index in [1.165, 1.54) is 0 Å². The van der Waals surface area contributed by atoms with E-state index in [4.69, 9.17) is 0 Å². The lowest BCUT2D eigenvalue weighted by Gasteiger charge is -2.00. The third-order valence-corrected chi connectivity index (χ3v) is 1.67. The predicted molar refractivity (Wildman–Crippen MR) is 88.9 cm³/mol. The molecule has 0 aromatic carbocycles. The number of hydrogen-bond donors (Lipinski definition) is 0. The molecule has 0 heterocycles. The molecule has 0 saturated heterocycles. The Morgan fingerprint density at radius 2 is 1.33 bits per heavy atom. The molecule has 0 saturated carbocycles.